The highest BCUT2D eigenvalue weighted by Crippen LogP contribution is 2.26. The second-order valence-corrected chi connectivity index (χ2v) is 5.55. The Morgan fingerprint density at radius 2 is 2.15 bits per heavy atom. The molecule has 20 heavy (non-hydrogen) atoms. The Kier molecular flexibility index (Phi) is 5.89. The molecule has 2 aromatic rings. The van der Waals surface area contributed by atoms with Gasteiger partial charge in [-0.25, -0.2) is 0 Å². The van der Waals surface area contributed by atoms with E-state index in [-0.39, 0.29) is 0 Å². The van der Waals surface area contributed by atoms with Gasteiger partial charge in [-0.15, -0.1) is 11.3 Å². The van der Waals surface area contributed by atoms with E-state index < -0.39 is 0 Å². The van der Waals surface area contributed by atoms with Gasteiger partial charge in [0, 0.05) is 23.1 Å². The van der Waals surface area contributed by atoms with Crippen LogP contribution in [-0.2, 0) is 13.2 Å². The molecule has 2 rings (SSSR count). The molecule has 0 saturated heterocycles. The predicted octanol–water partition coefficient (Wildman–Crippen LogP) is 3.84. The topological polar surface area (TPSA) is 30.5 Å². The van der Waals surface area contributed by atoms with Gasteiger partial charge in [-0.2, -0.15) is 0 Å². The minimum Gasteiger partial charge on any atom is -0.497 e. The molecule has 0 fully saturated rings. The predicted molar refractivity (Wildman–Crippen MR) is 83.6 cm³/mol. The van der Waals surface area contributed by atoms with E-state index in [0.717, 1.165) is 36.6 Å². The van der Waals surface area contributed by atoms with E-state index in [4.69, 9.17) is 9.47 Å². The molecule has 3 nitrogen and oxygen atoms in total. The molecule has 0 unspecified atom stereocenters. The molecule has 4 heteroatoms. The zero-order chi connectivity index (χ0) is 14.2. The maximum Gasteiger partial charge on any atom is 0.128 e. The Morgan fingerprint density at radius 3 is 2.85 bits per heavy atom. The van der Waals surface area contributed by atoms with Gasteiger partial charge in [0.05, 0.1) is 7.11 Å². The quantitative estimate of drug-likeness (QED) is 0.750. The molecule has 0 atom stereocenters. The first kappa shape index (κ1) is 14.9. The van der Waals surface area contributed by atoms with E-state index in [1.54, 1.807) is 18.4 Å². The Bertz CT molecular complexity index is 511. The number of benzene rings is 1. The molecule has 1 N–H and O–H groups in total. The summed E-state index contributed by atoms with van der Waals surface area (Å²) >= 11 is 1.71. The van der Waals surface area contributed by atoms with Crippen LogP contribution in [0.5, 0.6) is 11.5 Å². The SMILES string of the molecule is CCCNCc1ccc(OC)cc1OCc1cccs1. The lowest BCUT2D eigenvalue weighted by molar-refractivity contribution is 0.303. The standard InChI is InChI=1S/C16H21NO2S/c1-3-8-17-11-13-6-7-14(18-2)10-16(13)19-12-15-5-4-9-20-15/h4-7,9-10,17H,3,8,11-12H2,1-2H3. The van der Waals surface area contributed by atoms with Crippen LogP contribution >= 0.6 is 11.3 Å². The fourth-order valence-electron chi connectivity index (χ4n) is 1.89. The van der Waals surface area contributed by atoms with Gasteiger partial charge < -0.3 is 14.8 Å². The normalized spacial score (nSPS) is 10.5. The van der Waals surface area contributed by atoms with Gasteiger partial charge in [0.2, 0.25) is 0 Å². The number of thiophene rings is 1. The van der Waals surface area contributed by atoms with Crippen molar-refractivity contribution in [2.45, 2.75) is 26.5 Å². The molecule has 0 bridgehead atoms. The summed E-state index contributed by atoms with van der Waals surface area (Å²) in [7, 11) is 1.67. The van der Waals surface area contributed by atoms with Crippen molar-refractivity contribution in [2.24, 2.45) is 0 Å². The van der Waals surface area contributed by atoms with Crippen LogP contribution in [0.1, 0.15) is 23.8 Å². The zero-order valence-electron chi connectivity index (χ0n) is 12.0. The Hall–Kier alpha value is -1.52. The van der Waals surface area contributed by atoms with E-state index in [1.165, 1.54) is 4.88 Å². The summed E-state index contributed by atoms with van der Waals surface area (Å²) in [5, 5.41) is 5.47. The molecule has 1 heterocycles. The monoisotopic (exact) mass is 291 g/mol. The first-order valence-corrected chi connectivity index (χ1v) is 7.74. The third kappa shape index (κ3) is 4.25. The van der Waals surface area contributed by atoms with Crippen LogP contribution in [0.4, 0.5) is 0 Å². The molecule has 0 radical (unpaired) electrons. The van der Waals surface area contributed by atoms with E-state index in [9.17, 15) is 0 Å². The third-order valence-electron chi connectivity index (χ3n) is 2.97. The summed E-state index contributed by atoms with van der Waals surface area (Å²) in [4.78, 5) is 1.22. The minimum absolute atomic E-state index is 0.603. The minimum atomic E-state index is 0.603. The lowest BCUT2D eigenvalue weighted by atomic mass is 10.2. The van der Waals surface area contributed by atoms with Gasteiger partial charge in [-0.1, -0.05) is 19.1 Å². The zero-order valence-corrected chi connectivity index (χ0v) is 12.8. The second kappa shape index (κ2) is 7.92. The highest BCUT2D eigenvalue weighted by atomic mass is 32.1. The average Bonchev–Trinajstić information content (AvgIpc) is 2.99. The van der Waals surface area contributed by atoms with E-state index in [2.05, 4.69) is 29.8 Å². The van der Waals surface area contributed by atoms with Crippen LogP contribution < -0.4 is 14.8 Å². The molecule has 1 aromatic heterocycles. The van der Waals surface area contributed by atoms with Gasteiger partial charge >= 0.3 is 0 Å². The van der Waals surface area contributed by atoms with Gasteiger partial charge in [0.1, 0.15) is 18.1 Å². The Balaban J connectivity index is 2.05. The molecular weight excluding hydrogens is 270 g/mol. The second-order valence-electron chi connectivity index (χ2n) is 4.52. The van der Waals surface area contributed by atoms with Crippen molar-refractivity contribution in [1.29, 1.82) is 0 Å². The van der Waals surface area contributed by atoms with Crippen molar-refractivity contribution in [3.05, 3.63) is 46.2 Å². The van der Waals surface area contributed by atoms with E-state index in [0.29, 0.717) is 6.61 Å². The number of nitrogens with one attached hydrogen (secondary N) is 1. The molecule has 0 aliphatic heterocycles. The fourth-order valence-corrected chi connectivity index (χ4v) is 2.50. The van der Waals surface area contributed by atoms with Gasteiger partial charge in [-0.3, -0.25) is 0 Å². The smallest absolute Gasteiger partial charge is 0.128 e. The summed E-state index contributed by atoms with van der Waals surface area (Å²) < 4.78 is 11.2. The van der Waals surface area contributed by atoms with E-state index in [1.807, 2.05) is 18.2 Å². The highest BCUT2D eigenvalue weighted by Gasteiger charge is 2.06. The van der Waals surface area contributed by atoms with E-state index >= 15 is 0 Å². The maximum absolute atomic E-state index is 5.95. The Morgan fingerprint density at radius 1 is 1.25 bits per heavy atom. The van der Waals surface area contributed by atoms with Crippen molar-refractivity contribution in [3.8, 4) is 11.5 Å². The van der Waals surface area contributed by atoms with Crippen LogP contribution in [0, 0.1) is 0 Å². The number of methoxy groups -OCH3 is 1. The molecule has 0 amide bonds. The summed E-state index contributed by atoms with van der Waals surface area (Å²) in [6.07, 6.45) is 1.13. The fraction of sp³-hybridized carbons (Fsp3) is 0.375. The number of ether oxygens (including phenoxy) is 2. The molecule has 108 valence electrons. The first-order chi connectivity index (χ1) is 9.83. The van der Waals surface area contributed by atoms with Crippen molar-refractivity contribution in [3.63, 3.8) is 0 Å². The van der Waals surface area contributed by atoms with Crippen molar-refractivity contribution >= 4 is 11.3 Å². The van der Waals surface area contributed by atoms with Crippen LogP contribution in [-0.4, -0.2) is 13.7 Å². The van der Waals surface area contributed by atoms with Crippen LogP contribution in [0.3, 0.4) is 0 Å². The molecule has 1 aromatic carbocycles. The summed E-state index contributed by atoms with van der Waals surface area (Å²) in [5.74, 6) is 1.71. The molecule has 0 saturated carbocycles. The van der Waals surface area contributed by atoms with Crippen molar-refractivity contribution < 1.29 is 9.47 Å². The maximum atomic E-state index is 5.95. The van der Waals surface area contributed by atoms with Gasteiger partial charge in [0.25, 0.3) is 0 Å². The summed E-state index contributed by atoms with van der Waals surface area (Å²) in [6.45, 7) is 4.59. The lowest BCUT2D eigenvalue weighted by Gasteiger charge is -2.13. The summed E-state index contributed by atoms with van der Waals surface area (Å²) in [5.41, 5.74) is 1.16. The van der Waals surface area contributed by atoms with Crippen LogP contribution in [0.2, 0.25) is 0 Å². The number of hydrogen-bond acceptors (Lipinski definition) is 4. The molecular formula is C16H21NO2S. The highest BCUT2D eigenvalue weighted by molar-refractivity contribution is 7.09. The summed E-state index contributed by atoms with van der Waals surface area (Å²) in [6, 6.07) is 10.1. The average molecular weight is 291 g/mol. The first-order valence-electron chi connectivity index (χ1n) is 6.86. The molecule has 0 aliphatic carbocycles. The third-order valence-corrected chi connectivity index (χ3v) is 3.82. The van der Waals surface area contributed by atoms with Crippen LogP contribution in [0.15, 0.2) is 35.7 Å². The molecule has 0 aliphatic rings. The van der Waals surface area contributed by atoms with Gasteiger partial charge in [-0.05, 0) is 30.5 Å². The Labute approximate surface area is 124 Å². The number of rotatable bonds is 8. The van der Waals surface area contributed by atoms with Crippen LogP contribution in [0.25, 0.3) is 0 Å². The molecule has 0 spiro atoms. The van der Waals surface area contributed by atoms with Crippen molar-refractivity contribution in [1.82, 2.24) is 5.32 Å². The lowest BCUT2D eigenvalue weighted by Crippen LogP contribution is -2.14. The largest absolute Gasteiger partial charge is 0.497 e. The van der Waals surface area contributed by atoms with Gasteiger partial charge in [0.15, 0.2) is 0 Å². The number of hydrogen-bond donors (Lipinski definition) is 1. The van der Waals surface area contributed by atoms with Crippen molar-refractivity contribution in [2.75, 3.05) is 13.7 Å².